The molecule has 0 unspecified atom stereocenters. The summed E-state index contributed by atoms with van der Waals surface area (Å²) in [6.07, 6.45) is 0. The van der Waals surface area contributed by atoms with Gasteiger partial charge in [0.2, 0.25) is 11.8 Å². The molecular formula is C16H18ClN5O2S2. The second kappa shape index (κ2) is 8.26. The number of carbonyl (C=O) groups excluding carboxylic acids is 2. The quantitative estimate of drug-likeness (QED) is 0.582. The summed E-state index contributed by atoms with van der Waals surface area (Å²) in [6.45, 7) is 6.06. The number of benzene rings is 1. The Bertz CT molecular complexity index is 900. The number of hydrogen-bond donors (Lipinski definition) is 2. The van der Waals surface area contributed by atoms with Gasteiger partial charge in [-0.3, -0.25) is 14.5 Å². The number of nitrogens with one attached hydrogen (secondary N) is 2. The SMILES string of the molecule is CCN(CC)CC(=O)Nc1nc2cc3nc(NC(=O)CCl)sc3cc2s1. The zero-order valence-electron chi connectivity index (χ0n) is 14.3. The minimum Gasteiger partial charge on any atom is -0.301 e. The molecule has 138 valence electrons. The van der Waals surface area contributed by atoms with E-state index in [0.717, 1.165) is 33.5 Å². The average molecular weight is 412 g/mol. The Hall–Kier alpha value is -1.81. The molecule has 2 amide bonds. The van der Waals surface area contributed by atoms with Gasteiger partial charge in [-0.2, -0.15) is 0 Å². The number of halogens is 1. The van der Waals surface area contributed by atoms with Crippen molar-refractivity contribution in [3.05, 3.63) is 12.1 Å². The van der Waals surface area contributed by atoms with Gasteiger partial charge in [-0.25, -0.2) is 9.97 Å². The number of fused-ring (bicyclic) bond motifs is 2. The molecule has 26 heavy (non-hydrogen) atoms. The number of anilines is 2. The number of aromatic nitrogens is 2. The predicted octanol–water partition coefficient (Wildman–Crippen LogP) is 3.36. The fraction of sp³-hybridized carbons (Fsp3) is 0.375. The van der Waals surface area contributed by atoms with E-state index < -0.39 is 0 Å². The minimum absolute atomic E-state index is 0.0706. The molecule has 0 aliphatic carbocycles. The summed E-state index contributed by atoms with van der Waals surface area (Å²) in [5, 5.41) is 6.60. The fourth-order valence-electron chi connectivity index (χ4n) is 2.42. The van der Waals surface area contributed by atoms with Crippen molar-refractivity contribution in [2.45, 2.75) is 13.8 Å². The second-order valence-corrected chi connectivity index (χ2v) is 7.85. The second-order valence-electron chi connectivity index (χ2n) is 5.52. The smallest absolute Gasteiger partial charge is 0.241 e. The third-order valence-electron chi connectivity index (χ3n) is 3.77. The van der Waals surface area contributed by atoms with Crippen molar-refractivity contribution >= 4 is 76.8 Å². The summed E-state index contributed by atoms with van der Waals surface area (Å²) in [6, 6.07) is 3.82. The van der Waals surface area contributed by atoms with E-state index in [-0.39, 0.29) is 17.7 Å². The van der Waals surface area contributed by atoms with Gasteiger partial charge in [-0.1, -0.05) is 36.5 Å². The number of hydrogen-bond acceptors (Lipinski definition) is 7. The zero-order chi connectivity index (χ0) is 18.7. The van der Waals surface area contributed by atoms with E-state index >= 15 is 0 Å². The van der Waals surface area contributed by atoms with E-state index in [4.69, 9.17) is 11.6 Å². The molecule has 0 spiro atoms. The monoisotopic (exact) mass is 411 g/mol. The molecule has 2 N–H and O–H groups in total. The van der Waals surface area contributed by atoms with Gasteiger partial charge in [0.05, 0.1) is 27.0 Å². The van der Waals surface area contributed by atoms with Crippen molar-refractivity contribution in [3.8, 4) is 0 Å². The minimum atomic E-state index is -0.288. The van der Waals surface area contributed by atoms with E-state index in [1.54, 1.807) is 0 Å². The van der Waals surface area contributed by atoms with Crippen molar-refractivity contribution in [2.75, 3.05) is 36.1 Å². The average Bonchev–Trinajstić information content (AvgIpc) is 3.18. The van der Waals surface area contributed by atoms with Crippen LogP contribution >= 0.6 is 34.3 Å². The molecule has 2 aromatic heterocycles. The lowest BCUT2D eigenvalue weighted by molar-refractivity contribution is -0.117. The maximum atomic E-state index is 12.1. The Morgan fingerprint density at radius 3 is 2.04 bits per heavy atom. The summed E-state index contributed by atoms with van der Waals surface area (Å²) >= 11 is 8.29. The number of rotatable bonds is 7. The Balaban J connectivity index is 1.78. The molecular weight excluding hydrogens is 394 g/mol. The fourth-order valence-corrected chi connectivity index (χ4v) is 4.37. The lowest BCUT2D eigenvalue weighted by Gasteiger charge is -2.16. The lowest BCUT2D eigenvalue weighted by Crippen LogP contribution is -2.32. The van der Waals surface area contributed by atoms with E-state index in [9.17, 15) is 9.59 Å². The zero-order valence-corrected chi connectivity index (χ0v) is 16.7. The Morgan fingerprint density at radius 1 is 1.00 bits per heavy atom. The molecule has 0 aliphatic rings. The van der Waals surface area contributed by atoms with E-state index in [1.807, 2.05) is 30.9 Å². The molecule has 0 bridgehead atoms. The van der Waals surface area contributed by atoms with Crippen LogP contribution in [0.3, 0.4) is 0 Å². The van der Waals surface area contributed by atoms with Crippen LogP contribution in [0, 0.1) is 0 Å². The molecule has 0 radical (unpaired) electrons. The van der Waals surface area contributed by atoms with E-state index in [0.29, 0.717) is 16.8 Å². The topological polar surface area (TPSA) is 87.2 Å². The van der Waals surface area contributed by atoms with Gasteiger partial charge in [0.25, 0.3) is 0 Å². The molecule has 1 aromatic carbocycles. The molecule has 10 heteroatoms. The first-order valence-electron chi connectivity index (χ1n) is 8.11. The molecule has 2 heterocycles. The third-order valence-corrected chi connectivity index (χ3v) is 5.88. The van der Waals surface area contributed by atoms with Gasteiger partial charge < -0.3 is 10.6 Å². The molecule has 0 atom stereocenters. The molecule has 0 saturated heterocycles. The highest BCUT2D eigenvalue weighted by molar-refractivity contribution is 7.24. The number of carbonyl (C=O) groups is 2. The Kier molecular flexibility index (Phi) is 6.02. The first-order valence-corrected chi connectivity index (χ1v) is 10.3. The van der Waals surface area contributed by atoms with Gasteiger partial charge in [-0.15, -0.1) is 11.6 Å². The predicted molar refractivity (Wildman–Crippen MR) is 109 cm³/mol. The molecule has 0 saturated carbocycles. The molecule has 3 aromatic rings. The van der Waals surface area contributed by atoms with Crippen LogP contribution in [0.4, 0.5) is 10.3 Å². The van der Waals surface area contributed by atoms with Crippen molar-refractivity contribution in [1.82, 2.24) is 14.9 Å². The third kappa shape index (κ3) is 4.29. The molecule has 3 rings (SSSR count). The van der Waals surface area contributed by atoms with Crippen molar-refractivity contribution in [3.63, 3.8) is 0 Å². The molecule has 0 fully saturated rings. The first kappa shape index (κ1) is 19.0. The summed E-state index contributed by atoms with van der Waals surface area (Å²) < 4.78 is 1.89. The van der Waals surface area contributed by atoms with Gasteiger partial charge in [0.1, 0.15) is 5.88 Å². The number of thiazole rings is 2. The van der Waals surface area contributed by atoms with Crippen LogP contribution in [0.25, 0.3) is 20.4 Å². The highest BCUT2D eigenvalue weighted by Gasteiger charge is 2.13. The van der Waals surface area contributed by atoms with E-state index in [1.165, 1.54) is 22.7 Å². The van der Waals surface area contributed by atoms with Crippen LogP contribution < -0.4 is 10.6 Å². The highest BCUT2D eigenvalue weighted by atomic mass is 35.5. The summed E-state index contributed by atoms with van der Waals surface area (Å²) in [5.74, 6) is -0.467. The number of amides is 2. The normalized spacial score (nSPS) is 11.4. The number of alkyl halides is 1. The number of nitrogens with zero attached hydrogens (tertiary/aromatic N) is 3. The molecule has 7 nitrogen and oxygen atoms in total. The lowest BCUT2D eigenvalue weighted by atomic mass is 10.3. The van der Waals surface area contributed by atoms with Crippen LogP contribution in [0.15, 0.2) is 12.1 Å². The Labute approximate surface area is 163 Å². The van der Waals surface area contributed by atoms with Gasteiger partial charge in [0.15, 0.2) is 10.3 Å². The van der Waals surface area contributed by atoms with Crippen molar-refractivity contribution in [1.29, 1.82) is 0 Å². The van der Waals surface area contributed by atoms with Crippen LogP contribution in [0.2, 0.25) is 0 Å². The summed E-state index contributed by atoms with van der Waals surface area (Å²) in [7, 11) is 0. The van der Waals surface area contributed by atoms with Crippen molar-refractivity contribution in [2.24, 2.45) is 0 Å². The van der Waals surface area contributed by atoms with Crippen LogP contribution in [-0.4, -0.2) is 52.2 Å². The van der Waals surface area contributed by atoms with Crippen LogP contribution in [0.5, 0.6) is 0 Å². The molecule has 0 aliphatic heterocycles. The van der Waals surface area contributed by atoms with Gasteiger partial charge in [0, 0.05) is 0 Å². The van der Waals surface area contributed by atoms with E-state index in [2.05, 4.69) is 20.6 Å². The van der Waals surface area contributed by atoms with Crippen LogP contribution in [-0.2, 0) is 9.59 Å². The van der Waals surface area contributed by atoms with Gasteiger partial charge >= 0.3 is 0 Å². The standard InChI is InChI=1S/C16H18ClN5O2S2/c1-3-22(4-2)8-14(24)21-16-19-10-5-9-11(6-12(10)26-16)25-15(18-9)20-13(23)7-17/h5-6H,3-4,7-8H2,1-2H3,(H,18,20,23)(H,19,21,24). The van der Waals surface area contributed by atoms with Crippen LogP contribution in [0.1, 0.15) is 13.8 Å². The highest BCUT2D eigenvalue weighted by Crippen LogP contribution is 2.33. The summed E-state index contributed by atoms with van der Waals surface area (Å²) in [5.41, 5.74) is 1.51. The Morgan fingerprint density at radius 2 is 1.54 bits per heavy atom. The largest absolute Gasteiger partial charge is 0.301 e. The van der Waals surface area contributed by atoms with Gasteiger partial charge in [-0.05, 0) is 25.2 Å². The first-order chi connectivity index (χ1) is 12.5. The number of likely N-dealkylation sites (N-methyl/N-ethyl adjacent to an activating group) is 1. The maximum Gasteiger partial charge on any atom is 0.241 e. The maximum absolute atomic E-state index is 12.1. The van der Waals surface area contributed by atoms with Crippen molar-refractivity contribution < 1.29 is 9.59 Å². The summed E-state index contributed by atoms with van der Waals surface area (Å²) in [4.78, 5) is 34.4.